The van der Waals surface area contributed by atoms with Crippen molar-refractivity contribution in [3.05, 3.63) is 47.5 Å². The fourth-order valence-electron chi connectivity index (χ4n) is 3.69. The van der Waals surface area contributed by atoms with E-state index in [1.807, 2.05) is 30.3 Å². The molecule has 0 N–H and O–H groups in total. The van der Waals surface area contributed by atoms with E-state index in [0.29, 0.717) is 11.1 Å². The summed E-state index contributed by atoms with van der Waals surface area (Å²) >= 11 is 0. The lowest BCUT2D eigenvalue weighted by Gasteiger charge is -2.29. The van der Waals surface area contributed by atoms with E-state index in [1.54, 1.807) is 6.07 Å². The van der Waals surface area contributed by atoms with Gasteiger partial charge < -0.3 is 0 Å². The standard InChI is InChI=1S/C18H17NO2/c20-17-15-11-10-12-6-4-5-9-14(12)16(15)18(21)19(17)13-7-2-1-3-8-13/h4-6,9-11,13H,1-3,7-8H2. The fourth-order valence-corrected chi connectivity index (χ4v) is 3.69. The Hall–Kier alpha value is -2.16. The molecule has 0 bridgehead atoms. The van der Waals surface area contributed by atoms with Crippen LogP contribution in [0.3, 0.4) is 0 Å². The zero-order valence-corrected chi connectivity index (χ0v) is 11.8. The van der Waals surface area contributed by atoms with Crippen molar-refractivity contribution in [1.82, 2.24) is 4.90 Å². The lowest BCUT2D eigenvalue weighted by Crippen LogP contribution is -2.40. The summed E-state index contributed by atoms with van der Waals surface area (Å²) in [5.74, 6) is -0.202. The first kappa shape index (κ1) is 12.6. The molecule has 1 fully saturated rings. The smallest absolute Gasteiger partial charge is 0.262 e. The van der Waals surface area contributed by atoms with Crippen LogP contribution in [0.5, 0.6) is 0 Å². The van der Waals surface area contributed by atoms with Crippen molar-refractivity contribution < 1.29 is 9.59 Å². The van der Waals surface area contributed by atoms with E-state index in [2.05, 4.69) is 0 Å². The molecule has 1 heterocycles. The van der Waals surface area contributed by atoms with E-state index in [-0.39, 0.29) is 17.9 Å². The molecule has 1 saturated carbocycles. The maximum absolute atomic E-state index is 12.8. The molecule has 3 nitrogen and oxygen atoms in total. The Morgan fingerprint density at radius 1 is 0.857 bits per heavy atom. The molecular formula is C18H17NO2. The predicted molar refractivity (Wildman–Crippen MR) is 81.3 cm³/mol. The average Bonchev–Trinajstić information content (AvgIpc) is 2.80. The monoisotopic (exact) mass is 279 g/mol. The van der Waals surface area contributed by atoms with Gasteiger partial charge in [-0.05, 0) is 29.7 Å². The minimum Gasteiger partial charge on any atom is -0.271 e. The van der Waals surface area contributed by atoms with Crippen molar-refractivity contribution in [2.75, 3.05) is 0 Å². The molecule has 0 saturated heterocycles. The van der Waals surface area contributed by atoms with Crippen LogP contribution in [0.25, 0.3) is 10.8 Å². The van der Waals surface area contributed by atoms with Gasteiger partial charge in [-0.15, -0.1) is 0 Å². The van der Waals surface area contributed by atoms with E-state index in [4.69, 9.17) is 0 Å². The SMILES string of the molecule is O=C1c2ccc3ccccc3c2C(=O)N1C1CCCCC1. The zero-order valence-electron chi connectivity index (χ0n) is 11.8. The van der Waals surface area contributed by atoms with Crippen molar-refractivity contribution in [2.24, 2.45) is 0 Å². The lowest BCUT2D eigenvalue weighted by molar-refractivity contribution is 0.0549. The Bertz CT molecular complexity index is 744. The molecule has 0 spiro atoms. The molecule has 0 unspecified atom stereocenters. The van der Waals surface area contributed by atoms with E-state index in [1.165, 1.54) is 11.3 Å². The third kappa shape index (κ3) is 1.80. The third-order valence-corrected chi connectivity index (χ3v) is 4.75. The largest absolute Gasteiger partial charge is 0.271 e. The first-order valence-electron chi connectivity index (χ1n) is 7.67. The molecule has 0 atom stereocenters. The molecule has 21 heavy (non-hydrogen) atoms. The Kier molecular flexibility index (Phi) is 2.81. The Labute approximate surface area is 123 Å². The number of hydrogen-bond acceptors (Lipinski definition) is 2. The normalized spacial score (nSPS) is 19.3. The molecule has 106 valence electrons. The number of fused-ring (bicyclic) bond motifs is 3. The minimum absolute atomic E-state index is 0.0879. The summed E-state index contributed by atoms with van der Waals surface area (Å²) in [5, 5.41) is 1.91. The van der Waals surface area contributed by atoms with Crippen molar-refractivity contribution in [2.45, 2.75) is 38.1 Å². The highest BCUT2D eigenvalue weighted by molar-refractivity contribution is 6.26. The molecule has 1 aliphatic carbocycles. The molecule has 0 aromatic heterocycles. The van der Waals surface area contributed by atoms with Crippen LogP contribution in [0.2, 0.25) is 0 Å². The van der Waals surface area contributed by atoms with Gasteiger partial charge in [-0.25, -0.2) is 0 Å². The molecular weight excluding hydrogens is 262 g/mol. The molecule has 2 aliphatic rings. The van der Waals surface area contributed by atoms with E-state index in [0.717, 1.165) is 36.5 Å². The number of carbonyl (C=O) groups excluding carboxylic acids is 2. The van der Waals surface area contributed by atoms with Gasteiger partial charge in [0.25, 0.3) is 11.8 Å². The summed E-state index contributed by atoms with van der Waals surface area (Å²) in [6.07, 6.45) is 5.33. The number of rotatable bonds is 1. The van der Waals surface area contributed by atoms with Gasteiger partial charge in [-0.3, -0.25) is 14.5 Å². The van der Waals surface area contributed by atoms with Crippen LogP contribution < -0.4 is 0 Å². The summed E-state index contributed by atoms with van der Waals surface area (Å²) in [6, 6.07) is 11.6. The zero-order chi connectivity index (χ0) is 14.4. The molecule has 2 amide bonds. The highest BCUT2D eigenvalue weighted by Crippen LogP contribution is 2.34. The second kappa shape index (κ2) is 4.69. The maximum Gasteiger partial charge on any atom is 0.262 e. The molecule has 2 aromatic carbocycles. The molecule has 0 radical (unpaired) electrons. The van der Waals surface area contributed by atoms with Gasteiger partial charge >= 0.3 is 0 Å². The van der Waals surface area contributed by atoms with Crippen LogP contribution in [0.4, 0.5) is 0 Å². The molecule has 3 heteroatoms. The van der Waals surface area contributed by atoms with Gasteiger partial charge in [-0.1, -0.05) is 49.6 Å². The van der Waals surface area contributed by atoms with Crippen molar-refractivity contribution >= 4 is 22.6 Å². The number of benzene rings is 2. The van der Waals surface area contributed by atoms with Crippen LogP contribution in [-0.4, -0.2) is 22.8 Å². The summed E-state index contributed by atoms with van der Waals surface area (Å²) < 4.78 is 0. The lowest BCUT2D eigenvalue weighted by atomic mass is 9.94. The summed E-state index contributed by atoms with van der Waals surface area (Å²) in [5.41, 5.74) is 1.17. The van der Waals surface area contributed by atoms with E-state index >= 15 is 0 Å². The molecule has 4 rings (SSSR count). The summed E-state index contributed by atoms with van der Waals surface area (Å²) in [6.45, 7) is 0. The fraction of sp³-hybridized carbons (Fsp3) is 0.333. The van der Waals surface area contributed by atoms with Crippen LogP contribution in [0.15, 0.2) is 36.4 Å². The first-order valence-corrected chi connectivity index (χ1v) is 7.67. The van der Waals surface area contributed by atoms with Crippen LogP contribution in [0.1, 0.15) is 52.8 Å². The predicted octanol–water partition coefficient (Wildman–Crippen LogP) is 3.77. The number of nitrogens with zero attached hydrogens (tertiary/aromatic N) is 1. The highest BCUT2D eigenvalue weighted by atomic mass is 16.2. The van der Waals surface area contributed by atoms with Crippen LogP contribution >= 0.6 is 0 Å². The van der Waals surface area contributed by atoms with Gasteiger partial charge in [0.2, 0.25) is 0 Å². The van der Waals surface area contributed by atoms with Gasteiger partial charge in [0, 0.05) is 6.04 Å². The van der Waals surface area contributed by atoms with Crippen molar-refractivity contribution in [3.8, 4) is 0 Å². The topological polar surface area (TPSA) is 37.4 Å². The van der Waals surface area contributed by atoms with Crippen LogP contribution in [0, 0.1) is 0 Å². The minimum atomic E-state index is -0.104. The van der Waals surface area contributed by atoms with Gasteiger partial charge in [0.05, 0.1) is 11.1 Å². The second-order valence-corrected chi connectivity index (χ2v) is 5.98. The Morgan fingerprint density at radius 2 is 1.62 bits per heavy atom. The van der Waals surface area contributed by atoms with Crippen molar-refractivity contribution in [3.63, 3.8) is 0 Å². The Balaban J connectivity index is 1.84. The van der Waals surface area contributed by atoms with E-state index < -0.39 is 0 Å². The van der Waals surface area contributed by atoms with Gasteiger partial charge in [0.15, 0.2) is 0 Å². The number of carbonyl (C=O) groups is 2. The average molecular weight is 279 g/mol. The first-order chi connectivity index (χ1) is 10.3. The van der Waals surface area contributed by atoms with Gasteiger partial charge in [-0.2, -0.15) is 0 Å². The number of amides is 2. The second-order valence-electron chi connectivity index (χ2n) is 5.98. The summed E-state index contributed by atoms with van der Waals surface area (Å²) in [7, 11) is 0. The maximum atomic E-state index is 12.8. The van der Waals surface area contributed by atoms with Crippen LogP contribution in [-0.2, 0) is 0 Å². The quantitative estimate of drug-likeness (QED) is 0.745. The third-order valence-electron chi connectivity index (χ3n) is 4.75. The molecule has 2 aromatic rings. The summed E-state index contributed by atoms with van der Waals surface area (Å²) in [4.78, 5) is 27.0. The highest BCUT2D eigenvalue weighted by Gasteiger charge is 2.41. The van der Waals surface area contributed by atoms with Gasteiger partial charge in [0.1, 0.15) is 0 Å². The number of hydrogen-bond donors (Lipinski definition) is 0. The molecule has 1 aliphatic heterocycles. The Morgan fingerprint density at radius 3 is 2.43 bits per heavy atom. The number of imide groups is 1. The van der Waals surface area contributed by atoms with Crippen molar-refractivity contribution in [1.29, 1.82) is 0 Å². The van der Waals surface area contributed by atoms with E-state index in [9.17, 15) is 9.59 Å².